The second-order valence-corrected chi connectivity index (χ2v) is 9.35. The Bertz CT molecular complexity index is 698. The molecule has 2 heterocycles. The summed E-state index contributed by atoms with van der Waals surface area (Å²) in [6, 6.07) is 5.38. The molecule has 2 unspecified atom stereocenters. The third kappa shape index (κ3) is 5.29. The lowest BCUT2D eigenvalue weighted by atomic mass is 10.0. The molecule has 27 heavy (non-hydrogen) atoms. The van der Waals surface area contributed by atoms with E-state index in [1.54, 1.807) is 11.0 Å². The maximum atomic E-state index is 12.6. The molecule has 2 aliphatic rings. The number of carbonyl (C=O) groups is 2. The number of likely N-dealkylation sites (tertiary alicyclic amines) is 2. The van der Waals surface area contributed by atoms with Crippen LogP contribution in [0.4, 0.5) is 4.79 Å². The van der Waals surface area contributed by atoms with E-state index in [0.29, 0.717) is 60.9 Å². The van der Waals surface area contributed by atoms with Gasteiger partial charge < -0.3 is 14.5 Å². The molecule has 0 bridgehead atoms. The number of rotatable bonds is 3. The first-order valence-electron chi connectivity index (χ1n) is 9.31. The lowest BCUT2D eigenvalue weighted by Crippen LogP contribution is -2.38. The first-order chi connectivity index (χ1) is 12.6. The summed E-state index contributed by atoms with van der Waals surface area (Å²) in [5.41, 5.74) is 0.483. The summed E-state index contributed by atoms with van der Waals surface area (Å²) in [7, 11) is 0. The van der Waals surface area contributed by atoms with E-state index in [9.17, 15) is 9.59 Å². The standard InChI is InChI=1S/C20H26Cl2N2O3/c1-20(2,3)27-19(26)24-11-14-9-23(10-15(14)12-24)18(25)5-4-13-6-16(21)8-17(22)7-13/h6-8,14-15H,4-5,9-12H2,1-3H3. The Kier molecular flexibility index (Phi) is 5.92. The fourth-order valence-electron chi connectivity index (χ4n) is 3.84. The van der Waals surface area contributed by atoms with Gasteiger partial charge in [-0.05, 0) is 51.0 Å². The van der Waals surface area contributed by atoms with Crippen LogP contribution in [0.15, 0.2) is 18.2 Å². The fraction of sp³-hybridized carbons (Fsp3) is 0.600. The highest BCUT2D eigenvalue weighted by molar-refractivity contribution is 6.34. The molecule has 0 saturated carbocycles. The van der Waals surface area contributed by atoms with E-state index in [2.05, 4.69) is 0 Å². The zero-order chi connectivity index (χ0) is 19.8. The number of carbonyl (C=O) groups excluding carboxylic acids is 2. The van der Waals surface area contributed by atoms with Crippen molar-refractivity contribution >= 4 is 35.2 Å². The second kappa shape index (κ2) is 7.88. The van der Waals surface area contributed by atoms with Crippen LogP contribution >= 0.6 is 23.2 Å². The van der Waals surface area contributed by atoms with Gasteiger partial charge in [0.1, 0.15) is 5.60 Å². The Morgan fingerprint density at radius 3 is 2.04 bits per heavy atom. The SMILES string of the molecule is CC(C)(C)OC(=O)N1CC2CN(C(=O)CCc3cc(Cl)cc(Cl)c3)CC2C1. The predicted octanol–water partition coefficient (Wildman–Crippen LogP) is 4.25. The van der Waals surface area contributed by atoms with E-state index in [4.69, 9.17) is 27.9 Å². The molecule has 1 aromatic carbocycles. The lowest BCUT2D eigenvalue weighted by molar-refractivity contribution is -0.130. The average Bonchev–Trinajstić information content (AvgIpc) is 3.08. The van der Waals surface area contributed by atoms with E-state index >= 15 is 0 Å². The van der Waals surface area contributed by atoms with Gasteiger partial charge in [0.15, 0.2) is 0 Å². The molecule has 5 nitrogen and oxygen atoms in total. The molecule has 0 radical (unpaired) electrons. The molecule has 7 heteroatoms. The van der Waals surface area contributed by atoms with E-state index in [0.717, 1.165) is 5.56 Å². The molecule has 3 rings (SSSR count). The fourth-order valence-corrected chi connectivity index (χ4v) is 4.41. The molecule has 2 saturated heterocycles. The first kappa shape index (κ1) is 20.3. The molecular formula is C20H26Cl2N2O3. The summed E-state index contributed by atoms with van der Waals surface area (Å²) >= 11 is 12.0. The van der Waals surface area contributed by atoms with Gasteiger partial charge in [-0.2, -0.15) is 0 Å². The molecule has 2 atom stereocenters. The van der Waals surface area contributed by atoms with Gasteiger partial charge in [-0.3, -0.25) is 4.79 Å². The monoisotopic (exact) mass is 412 g/mol. The molecule has 0 aliphatic carbocycles. The van der Waals surface area contributed by atoms with Gasteiger partial charge in [-0.1, -0.05) is 23.2 Å². The smallest absolute Gasteiger partial charge is 0.410 e. The van der Waals surface area contributed by atoms with E-state index in [1.165, 1.54) is 0 Å². The number of nitrogens with zero attached hydrogens (tertiary/aromatic N) is 2. The summed E-state index contributed by atoms with van der Waals surface area (Å²) in [6.07, 6.45) is 0.800. The van der Waals surface area contributed by atoms with Crippen LogP contribution < -0.4 is 0 Å². The number of amides is 2. The van der Waals surface area contributed by atoms with Crippen LogP contribution in [0.2, 0.25) is 10.0 Å². The van der Waals surface area contributed by atoms with Crippen LogP contribution in [-0.2, 0) is 16.0 Å². The van der Waals surface area contributed by atoms with Gasteiger partial charge in [0.2, 0.25) is 5.91 Å². The van der Waals surface area contributed by atoms with Gasteiger partial charge in [0, 0.05) is 54.5 Å². The van der Waals surface area contributed by atoms with Crippen LogP contribution in [0.25, 0.3) is 0 Å². The summed E-state index contributed by atoms with van der Waals surface area (Å²) in [4.78, 5) is 28.5. The van der Waals surface area contributed by atoms with Gasteiger partial charge >= 0.3 is 6.09 Å². The van der Waals surface area contributed by atoms with Crippen molar-refractivity contribution in [2.24, 2.45) is 11.8 Å². The Hall–Kier alpha value is -1.46. The predicted molar refractivity (Wildman–Crippen MR) is 106 cm³/mol. The molecule has 0 spiro atoms. The maximum absolute atomic E-state index is 12.6. The minimum Gasteiger partial charge on any atom is -0.444 e. The van der Waals surface area contributed by atoms with Crippen LogP contribution in [-0.4, -0.2) is 53.6 Å². The highest BCUT2D eigenvalue weighted by Crippen LogP contribution is 2.32. The minimum atomic E-state index is -0.486. The second-order valence-electron chi connectivity index (χ2n) is 8.48. The summed E-state index contributed by atoms with van der Waals surface area (Å²) in [6.45, 7) is 8.35. The Morgan fingerprint density at radius 2 is 1.52 bits per heavy atom. The van der Waals surface area contributed by atoms with Crippen molar-refractivity contribution < 1.29 is 14.3 Å². The van der Waals surface area contributed by atoms with E-state index in [1.807, 2.05) is 37.8 Å². The molecule has 148 valence electrons. The minimum absolute atomic E-state index is 0.143. The maximum Gasteiger partial charge on any atom is 0.410 e. The van der Waals surface area contributed by atoms with Gasteiger partial charge in [-0.25, -0.2) is 4.79 Å². The van der Waals surface area contributed by atoms with Crippen molar-refractivity contribution in [2.75, 3.05) is 26.2 Å². The third-order valence-corrected chi connectivity index (χ3v) is 5.48. The van der Waals surface area contributed by atoms with Crippen molar-refractivity contribution in [3.05, 3.63) is 33.8 Å². The number of aryl methyl sites for hydroxylation is 1. The first-order valence-corrected chi connectivity index (χ1v) is 10.1. The highest BCUT2D eigenvalue weighted by Gasteiger charge is 2.43. The third-order valence-electron chi connectivity index (χ3n) is 5.04. The van der Waals surface area contributed by atoms with Crippen molar-refractivity contribution in [2.45, 2.75) is 39.2 Å². The van der Waals surface area contributed by atoms with Crippen LogP contribution in [0.1, 0.15) is 32.8 Å². The van der Waals surface area contributed by atoms with E-state index in [-0.39, 0.29) is 12.0 Å². The van der Waals surface area contributed by atoms with Crippen molar-refractivity contribution in [1.82, 2.24) is 9.80 Å². The summed E-state index contributed by atoms with van der Waals surface area (Å²) in [5, 5.41) is 1.17. The average molecular weight is 413 g/mol. The number of ether oxygens (including phenoxy) is 1. The zero-order valence-corrected chi connectivity index (χ0v) is 17.5. The largest absolute Gasteiger partial charge is 0.444 e. The van der Waals surface area contributed by atoms with Crippen LogP contribution in [0.3, 0.4) is 0 Å². The van der Waals surface area contributed by atoms with Crippen molar-refractivity contribution in [3.8, 4) is 0 Å². The Balaban J connectivity index is 1.48. The number of hydrogen-bond acceptors (Lipinski definition) is 3. The summed E-state index contributed by atoms with van der Waals surface area (Å²) in [5.74, 6) is 0.813. The number of hydrogen-bond donors (Lipinski definition) is 0. The number of fused-ring (bicyclic) bond motifs is 1. The molecule has 0 aromatic heterocycles. The normalized spacial score (nSPS) is 22.1. The van der Waals surface area contributed by atoms with Crippen molar-refractivity contribution in [3.63, 3.8) is 0 Å². The topological polar surface area (TPSA) is 49.9 Å². The zero-order valence-electron chi connectivity index (χ0n) is 16.0. The van der Waals surface area contributed by atoms with Gasteiger partial charge in [0.25, 0.3) is 0 Å². The van der Waals surface area contributed by atoms with Crippen molar-refractivity contribution in [1.29, 1.82) is 0 Å². The molecule has 1 aromatic rings. The quantitative estimate of drug-likeness (QED) is 0.745. The van der Waals surface area contributed by atoms with E-state index < -0.39 is 5.60 Å². The molecule has 2 fully saturated rings. The Morgan fingerprint density at radius 1 is 1.00 bits per heavy atom. The molecule has 2 amide bonds. The molecule has 2 aliphatic heterocycles. The van der Waals surface area contributed by atoms with Gasteiger partial charge in [0.05, 0.1) is 0 Å². The molecule has 0 N–H and O–H groups in total. The van der Waals surface area contributed by atoms with Crippen LogP contribution in [0.5, 0.6) is 0 Å². The highest BCUT2D eigenvalue weighted by atomic mass is 35.5. The molecular weight excluding hydrogens is 387 g/mol. The number of benzene rings is 1. The van der Waals surface area contributed by atoms with Gasteiger partial charge in [-0.15, -0.1) is 0 Å². The lowest BCUT2D eigenvalue weighted by Gasteiger charge is -2.26. The summed E-state index contributed by atoms with van der Waals surface area (Å²) < 4.78 is 5.45. The Labute approximate surface area is 170 Å². The van der Waals surface area contributed by atoms with Crippen LogP contribution in [0, 0.1) is 11.8 Å². The number of halogens is 2.